The standard InChI is InChI=1S/C29H23N3/c30-16-17-4-6-21(7-5-17)27-26(20-8-12-22(31)13-9-20)23-14-10-18-2-1-3-19-11-15-24(29(27)32)28(23)25(18)19/h1-15H,16,30-32H2. The first-order valence-corrected chi connectivity index (χ1v) is 10.8. The highest BCUT2D eigenvalue weighted by atomic mass is 14.6. The van der Waals surface area contributed by atoms with Gasteiger partial charge >= 0.3 is 0 Å². The topological polar surface area (TPSA) is 78.1 Å². The Hall–Kier alpha value is -4.08. The van der Waals surface area contributed by atoms with E-state index in [-0.39, 0.29) is 0 Å². The molecule has 3 heteroatoms. The molecule has 6 aromatic rings. The monoisotopic (exact) mass is 413 g/mol. The van der Waals surface area contributed by atoms with Gasteiger partial charge in [-0.05, 0) is 55.9 Å². The minimum absolute atomic E-state index is 0.515. The van der Waals surface area contributed by atoms with Crippen LogP contribution in [0, 0.1) is 0 Å². The van der Waals surface area contributed by atoms with E-state index in [1.54, 1.807) is 0 Å². The third-order valence-electron chi connectivity index (χ3n) is 6.53. The second-order valence-electron chi connectivity index (χ2n) is 8.37. The molecule has 0 fully saturated rings. The zero-order valence-electron chi connectivity index (χ0n) is 17.6. The molecule has 0 bridgehead atoms. The number of anilines is 2. The van der Waals surface area contributed by atoms with Gasteiger partial charge in [-0.3, -0.25) is 0 Å². The highest BCUT2D eigenvalue weighted by Gasteiger charge is 2.20. The molecule has 0 unspecified atom stereocenters. The molecular formula is C29H23N3. The lowest BCUT2D eigenvalue weighted by atomic mass is 9.83. The van der Waals surface area contributed by atoms with Crippen LogP contribution in [0.2, 0.25) is 0 Å². The average molecular weight is 414 g/mol. The van der Waals surface area contributed by atoms with Crippen molar-refractivity contribution in [3.05, 3.63) is 96.6 Å². The van der Waals surface area contributed by atoms with Crippen LogP contribution in [0.25, 0.3) is 54.6 Å². The molecule has 0 amide bonds. The van der Waals surface area contributed by atoms with Gasteiger partial charge in [0.05, 0.1) is 0 Å². The summed E-state index contributed by atoms with van der Waals surface area (Å²) in [5.74, 6) is 0. The van der Waals surface area contributed by atoms with Crippen molar-refractivity contribution in [2.24, 2.45) is 5.73 Å². The molecule has 0 atom stereocenters. The number of benzene rings is 6. The number of hydrogen-bond acceptors (Lipinski definition) is 3. The molecular weight excluding hydrogens is 390 g/mol. The third-order valence-corrected chi connectivity index (χ3v) is 6.53. The summed E-state index contributed by atoms with van der Waals surface area (Å²) in [6.07, 6.45) is 0. The van der Waals surface area contributed by atoms with E-state index >= 15 is 0 Å². The minimum Gasteiger partial charge on any atom is -0.399 e. The van der Waals surface area contributed by atoms with Crippen LogP contribution in [0.5, 0.6) is 0 Å². The number of hydrogen-bond donors (Lipinski definition) is 3. The van der Waals surface area contributed by atoms with Crippen LogP contribution in [0.4, 0.5) is 11.4 Å². The van der Waals surface area contributed by atoms with Crippen LogP contribution < -0.4 is 17.2 Å². The van der Waals surface area contributed by atoms with Crippen LogP contribution in [0.3, 0.4) is 0 Å². The van der Waals surface area contributed by atoms with Crippen molar-refractivity contribution in [3.8, 4) is 22.3 Å². The Morgan fingerprint density at radius 1 is 0.531 bits per heavy atom. The summed E-state index contributed by atoms with van der Waals surface area (Å²) in [5, 5.41) is 7.21. The molecule has 6 aromatic carbocycles. The smallest absolute Gasteiger partial charge is 0.0480 e. The second-order valence-corrected chi connectivity index (χ2v) is 8.37. The molecule has 0 spiro atoms. The third kappa shape index (κ3) is 2.65. The fraction of sp³-hybridized carbons (Fsp3) is 0.0345. The van der Waals surface area contributed by atoms with Gasteiger partial charge in [-0.2, -0.15) is 0 Å². The average Bonchev–Trinajstić information content (AvgIpc) is 2.84. The van der Waals surface area contributed by atoms with Gasteiger partial charge in [0.15, 0.2) is 0 Å². The van der Waals surface area contributed by atoms with E-state index in [2.05, 4.69) is 78.9 Å². The highest BCUT2D eigenvalue weighted by molar-refractivity contribution is 6.30. The van der Waals surface area contributed by atoms with Crippen molar-refractivity contribution in [1.82, 2.24) is 0 Å². The van der Waals surface area contributed by atoms with Gasteiger partial charge in [0.1, 0.15) is 0 Å². The predicted molar refractivity (Wildman–Crippen MR) is 138 cm³/mol. The lowest BCUT2D eigenvalue weighted by Crippen LogP contribution is -1.99. The van der Waals surface area contributed by atoms with Crippen LogP contribution in [-0.4, -0.2) is 0 Å². The SMILES string of the molecule is NCc1ccc(-c2c(N)c3ccc4cccc5ccc(c2-c2ccc(N)cc2)c3c45)cc1. The first kappa shape index (κ1) is 18.7. The van der Waals surface area contributed by atoms with E-state index in [9.17, 15) is 0 Å². The first-order chi connectivity index (χ1) is 15.7. The molecule has 154 valence electrons. The molecule has 0 aliphatic heterocycles. The Morgan fingerprint density at radius 2 is 1.12 bits per heavy atom. The van der Waals surface area contributed by atoms with E-state index in [0.29, 0.717) is 6.54 Å². The summed E-state index contributed by atoms with van der Waals surface area (Å²) in [6, 6.07) is 31.7. The van der Waals surface area contributed by atoms with Crippen molar-refractivity contribution < 1.29 is 0 Å². The van der Waals surface area contributed by atoms with Crippen molar-refractivity contribution >= 4 is 43.7 Å². The quantitative estimate of drug-likeness (QED) is 0.228. The molecule has 32 heavy (non-hydrogen) atoms. The van der Waals surface area contributed by atoms with E-state index in [0.717, 1.165) is 44.6 Å². The minimum atomic E-state index is 0.515. The van der Waals surface area contributed by atoms with E-state index in [1.165, 1.54) is 26.9 Å². The number of rotatable bonds is 3. The van der Waals surface area contributed by atoms with Crippen LogP contribution in [-0.2, 0) is 6.54 Å². The molecule has 0 aliphatic rings. The van der Waals surface area contributed by atoms with E-state index in [1.807, 2.05) is 12.1 Å². The van der Waals surface area contributed by atoms with Gasteiger partial charge in [0, 0.05) is 34.3 Å². The first-order valence-electron chi connectivity index (χ1n) is 10.8. The zero-order valence-corrected chi connectivity index (χ0v) is 17.6. The van der Waals surface area contributed by atoms with Gasteiger partial charge in [0.2, 0.25) is 0 Å². The van der Waals surface area contributed by atoms with Crippen molar-refractivity contribution in [2.75, 3.05) is 11.5 Å². The summed E-state index contributed by atoms with van der Waals surface area (Å²) >= 11 is 0. The van der Waals surface area contributed by atoms with Crippen molar-refractivity contribution in [3.63, 3.8) is 0 Å². The molecule has 0 radical (unpaired) electrons. The summed E-state index contributed by atoms with van der Waals surface area (Å²) in [7, 11) is 0. The van der Waals surface area contributed by atoms with E-state index < -0.39 is 0 Å². The van der Waals surface area contributed by atoms with E-state index in [4.69, 9.17) is 17.2 Å². The predicted octanol–water partition coefficient (Wildman–Crippen LogP) is 6.54. The van der Waals surface area contributed by atoms with Gasteiger partial charge in [-0.15, -0.1) is 0 Å². The molecule has 3 nitrogen and oxygen atoms in total. The molecule has 0 heterocycles. The second kappa shape index (κ2) is 6.98. The summed E-state index contributed by atoms with van der Waals surface area (Å²) < 4.78 is 0. The molecule has 0 aromatic heterocycles. The zero-order chi connectivity index (χ0) is 21.8. The van der Waals surface area contributed by atoms with Gasteiger partial charge < -0.3 is 17.2 Å². The molecule has 6 rings (SSSR count). The van der Waals surface area contributed by atoms with Crippen molar-refractivity contribution in [2.45, 2.75) is 6.54 Å². The summed E-state index contributed by atoms with van der Waals surface area (Å²) in [4.78, 5) is 0. The number of nitrogen functional groups attached to an aromatic ring is 2. The van der Waals surface area contributed by atoms with Gasteiger partial charge in [-0.1, -0.05) is 78.9 Å². The van der Waals surface area contributed by atoms with Crippen LogP contribution >= 0.6 is 0 Å². The van der Waals surface area contributed by atoms with Crippen LogP contribution in [0.1, 0.15) is 5.56 Å². The van der Waals surface area contributed by atoms with Crippen molar-refractivity contribution in [1.29, 1.82) is 0 Å². The maximum Gasteiger partial charge on any atom is 0.0480 e. The Morgan fingerprint density at radius 3 is 1.78 bits per heavy atom. The highest BCUT2D eigenvalue weighted by Crippen LogP contribution is 2.48. The Kier molecular flexibility index (Phi) is 4.07. The lowest BCUT2D eigenvalue weighted by Gasteiger charge is -2.21. The van der Waals surface area contributed by atoms with Crippen LogP contribution in [0.15, 0.2) is 91.0 Å². The van der Waals surface area contributed by atoms with Gasteiger partial charge in [0.25, 0.3) is 0 Å². The largest absolute Gasteiger partial charge is 0.399 e. The molecule has 0 saturated heterocycles. The molecule has 0 saturated carbocycles. The normalized spacial score (nSPS) is 11.7. The maximum absolute atomic E-state index is 6.95. The molecule has 6 N–H and O–H groups in total. The Balaban J connectivity index is 1.82. The van der Waals surface area contributed by atoms with Gasteiger partial charge in [-0.25, -0.2) is 0 Å². The fourth-order valence-electron chi connectivity index (χ4n) is 4.98. The lowest BCUT2D eigenvalue weighted by molar-refractivity contribution is 1.07. The Labute approximate surface area is 186 Å². The maximum atomic E-state index is 6.95. The summed E-state index contributed by atoms with van der Waals surface area (Å²) in [6.45, 7) is 0.515. The summed E-state index contributed by atoms with van der Waals surface area (Å²) in [5.41, 5.74) is 25.8. The molecule has 0 aliphatic carbocycles. The Bertz CT molecular complexity index is 1580. The number of nitrogens with two attached hydrogens (primary N) is 3. The fourth-order valence-corrected chi connectivity index (χ4v) is 4.98.